The number of hydrogen-bond acceptors (Lipinski definition) is 3. The lowest BCUT2D eigenvalue weighted by Crippen LogP contribution is -2.48. The number of imidazole rings is 1. The SMILES string of the molecule is CCNC(=NCCc1cn2cccc(C)c2n1)NC1CCN(Cc2ccccc2C)CC1.I. The average Bonchev–Trinajstić information content (AvgIpc) is 3.21. The van der Waals surface area contributed by atoms with Crippen molar-refractivity contribution in [2.75, 3.05) is 26.2 Å². The van der Waals surface area contributed by atoms with Gasteiger partial charge in [0, 0.05) is 57.6 Å². The summed E-state index contributed by atoms with van der Waals surface area (Å²) in [5, 5.41) is 7.07. The van der Waals surface area contributed by atoms with Gasteiger partial charge in [-0.05, 0) is 56.4 Å². The number of halogens is 1. The Kier molecular flexibility index (Phi) is 9.55. The molecule has 0 radical (unpaired) electrons. The van der Waals surface area contributed by atoms with Crippen LogP contribution in [0.1, 0.15) is 42.1 Å². The Morgan fingerprint density at radius 3 is 2.58 bits per heavy atom. The number of benzene rings is 1. The van der Waals surface area contributed by atoms with Crippen LogP contribution in [0.5, 0.6) is 0 Å². The number of nitrogens with one attached hydrogen (secondary N) is 2. The summed E-state index contributed by atoms with van der Waals surface area (Å²) in [7, 11) is 0. The van der Waals surface area contributed by atoms with E-state index in [1.165, 1.54) is 16.7 Å². The van der Waals surface area contributed by atoms with Crippen LogP contribution in [0.25, 0.3) is 5.65 Å². The number of aliphatic imine (C=N–C) groups is 1. The Hall–Kier alpha value is -2.13. The fourth-order valence-electron chi connectivity index (χ4n) is 4.38. The molecule has 0 saturated carbocycles. The zero-order chi connectivity index (χ0) is 22.3. The van der Waals surface area contributed by atoms with Gasteiger partial charge >= 0.3 is 0 Å². The van der Waals surface area contributed by atoms with Crippen LogP contribution in [0.2, 0.25) is 0 Å². The predicted molar refractivity (Wildman–Crippen MR) is 148 cm³/mol. The number of aromatic nitrogens is 2. The molecule has 33 heavy (non-hydrogen) atoms. The van der Waals surface area contributed by atoms with Gasteiger partial charge < -0.3 is 15.0 Å². The molecule has 3 heterocycles. The molecular weight excluding hydrogens is 523 g/mol. The molecule has 0 amide bonds. The molecule has 1 aromatic carbocycles. The molecule has 0 unspecified atom stereocenters. The van der Waals surface area contributed by atoms with E-state index in [1.54, 1.807) is 0 Å². The summed E-state index contributed by atoms with van der Waals surface area (Å²) in [6.45, 7) is 11.3. The van der Waals surface area contributed by atoms with Crippen molar-refractivity contribution in [3.8, 4) is 0 Å². The van der Waals surface area contributed by atoms with Crippen molar-refractivity contribution in [3.63, 3.8) is 0 Å². The van der Waals surface area contributed by atoms with Crippen LogP contribution in [-0.2, 0) is 13.0 Å². The van der Waals surface area contributed by atoms with E-state index < -0.39 is 0 Å². The molecule has 3 aromatic rings. The van der Waals surface area contributed by atoms with Crippen LogP contribution in [-0.4, -0.2) is 52.5 Å². The van der Waals surface area contributed by atoms with Crippen molar-refractivity contribution in [1.29, 1.82) is 0 Å². The van der Waals surface area contributed by atoms with Crippen molar-refractivity contribution >= 4 is 35.6 Å². The maximum Gasteiger partial charge on any atom is 0.191 e. The van der Waals surface area contributed by atoms with Gasteiger partial charge in [0.25, 0.3) is 0 Å². The molecule has 1 fully saturated rings. The van der Waals surface area contributed by atoms with Crippen molar-refractivity contribution < 1.29 is 0 Å². The third-order valence-corrected chi connectivity index (χ3v) is 6.29. The highest BCUT2D eigenvalue weighted by molar-refractivity contribution is 14.0. The number of pyridine rings is 1. The number of likely N-dealkylation sites (tertiary alicyclic amines) is 1. The highest BCUT2D eigenvalue weighted by Crippen LogP contribution is 2.16. The van der Waals surface area contributed by atoms with Crippen LogP contribution in [0.4, 0.5) is 0 Å². The number of nitrogens with zero attached hydrogens (tertiary/aromatic N) is 4. The largest absolute Gasteiger partial charge is 0.357 e. The van der Waals surface area contributed by atoms with Gasteiger partial charge in [-0.3, -0.25) is 9.89 Å². The first kappa shape index (κ1) is 25.5. The number of rotatable bonds is 7. The van der Waals surface area contributed by atoms with Gasteiger partial charge in [-0.15, -0.1) is 24.0 Å². The highest BCUT2D eigenvalue weighted by Gasteiger charge is 2.20. The van der Waals surface area contributed by atoms with Crippen molar-refractivity contribution in [2.45, 2.75) is 52.6 Å². The quantitative estimate of drug-likeness (QED) is 0.257. The first-order valence-corrected chi connectivity index (χ1v) is 11.9. The van der Waals surface area contributed by atoms with Gasteiger partial charge in [0.1, 0.15) is 5.65 Å². The smallest absolute Gasteiger partial charge is 0.191 e. The maximum absolute atomic E-state index is 4.83. The van der Waals surface area contributed by atoms with Crippen LogP contribution in [0, 0.1) is 13.8 Å². The van der Waals surface area contributed by atoms with E-state index in [4.69, 9.17) is 9.98 Å². The van der Waals surface area contributed by atoms with E-state index in [1.807, 2.05) is 0 Å². The lowest BCUT2D eigenvalue weighted by Gasteiger charge is -2.33. The fraction of sp³-hybridized carbons (Fsp3) is 0.462. The molecule has 1 saturated heterocycles. The maximum atomic E-state index is 4.83. The van der Waals surface area contributed by atoms with Gasteiger partial charge in [-0.2, -0.15) is 0 Å². The average molecular weight is 561 g/mol. The van der Waals surface area contributed by atoms with E-state index in [0.717, 1.165) is 69.3 Å². The minimum atomic E-state index is 0. The second-order valence-electron chi connectivity index (χ2n) is 8.79. The zero-order valence-corrected chi connectivity index (χ0v) is 22.4. The van der Waals surface area contributed by atoms with Gasteiger partial charge in [-0.25, -0.2) is 4.98 Å². The summed E-state index contributed by atoms with van der Waals surface area (Å²) in [5.74, 6) is 0.921. The summed E-state index contributed by atoms with van der Waals surface area (Å²) in [4.78, 5) is 12.2. The second-order valence-corrected chi connectivity index (χ2v) is 8.79. The highest BCUT2D eigenvalue weighted by atomic mass is 127. The molecule has 2 aromatic heterocycles. The number of fused-ring (bicyclic) bond motifs is 1. The Labute approximate surface area is 214 Å². The van der Waals surface area contributed by atoms with E-state index >= 15 is 0 Å². The van der Waals surface area contributed by atoms with E-state index in [2.05, 4.69) is 89.5 Å². The monoisotopic (exact) mass is 560 g/mol. The Balaban J connectivity index is 0.00000306. The molecule has 0 spiro atoms. The summed E-state index contributed by atoms with van der Waals surface area (Å²) in [6, 6.07) is 13.3. The van der Waals surface area contributed by atoms with E-state index in [0.29, 0.717) is 6.04 Å². The van der Waals surface area contributed by atoms with Crippen LogP contribution in [0.3, 0.4) is 0 Å². The minimum Gasteiger partial charge on any atom is -0.357 e. The van der Waals surface area contributed by atoms with E-state index in [9.17, 15) is 0 Å². The molecular formula is C26H37IN6. The van der Waals surface area contributed by atoms with Crippen molar-refractivity contribution in [1.82, 2.24) is 24.9 Å². The molecule has 4 rings (SSSR count). The van der Waals surface area contributed by atoms with Crippen LogP contribution in [0.15, 0.2) is 53.8 Å². The number of piperidine rings is 1. The van der Waals surface area contributed by atoms with Gasteiger partial charge in [-0.1, -0.05) is 30.3 Å². The second kappa shape index (κ2) is 12.4. The summed E-state index contributed by atoms with van der Waals surface area (Å²) >= 11 is 0. The normalized spacial score (nSPS) is 15.4. The molecule has 178 valence electrons. The first-order chi connectivity index (χ1) is 15.6. The van der Waals surface area contributed by atoms with E-state index in [-0.39, 0.29) is 24.0 Å². The molecule has 1 aliphatic rings. The minimum absolute atomic E-state index is 0. The Bertz CT molecular complexity index is 1050. The first-order valence-electron chi connectivity index (χ1n) is 11.9. The lowest BCUT2D eigenvalue weighted by atomic mass is 10.0. The van der Waals surface area contributed by atoms with Crippen LogP contribution < -0.4 is 10.6 Å². The summed E-state index contributed by atoms with van der Waals surface area (Å²) in [5.41, 5.74) is 6.15. The Morgan fingerprint density at radius 2 is 1.85 bits per heavy atom. The van der Waals surface area contributed by atoms with Crippen molar-refractivity contribution in [3.05, 3.63) is 71.2 Å². The molecule has 7 heteroatoms. The third-order valence-electron chi connectivity index (χ3n) is 6.29. The predicted octanol–water partition coefficient (Wildman–Crippen LogP) is 4.33. The molecule has 6 nitrogen and oxygen atoms in total. The van der Waals surface area contributed by atoms with Crippen LogP contribution >= 0.6 is 24.0 Å². The molecule has 0 aliphatic carbocycles. The van der Waals surface area contributed by atoms with Crippen molar-refractivity contribution in [2.24, 2.45) is 4.99 Å². The molecule has 0 bridgehead atoms. The van der Waals surface area contributed by atoms with Gasteiger partial charge in [0.2, 0.25) is 0 Å². The fourth-order valence-corrected chi connectivity index (χ4v) is 4.38. The standard InChI is InChI=1S/C26H36N6.HI/c1-4-27-26(28-14-11-24-19-32-15-7-9-21(3)25(32)29-24)30-23-12-16-31(17-13-23)18-22-10-6-5-8-20(22)2;/h5-10,15,19,23H,4,11-14,16-18H2,1-3H3,(H2,27,28,30);1H. The zero-order valence-electron chi connectivity index (χ0n) is 20.1. The summed E-state index contributed by atoms with van der Waals surface area (Å²) in [6.07, 6.45) is 7.29. The number of aryl methyl sites for hydroxylation is 2. The number of guanidine groups is 1. The third kappa shape index (κ3) is 6.93. The molecule has 2 N–H and O–H groups in total. The molecule has 1 aliphatic heterocycles. The summed E-state index contributed by atoms with van der Waals surface area (Å²) < 4.78 is 2.10. The number of hydrogen-bond donors (Lipinski definition) is 2. The van der Waals surface area contributed by atoms with Gasteiger partial charge in [0.15, 0.2) is 5.96 Å². The Morgan fingerprint density at radius 1 is 1.09 bits per heavy atom. The van der Waals surface area contributed by atoms with Gasteiger partial charge in [0.05, 0.1) is 5.69 Å². The lowest BCUT2D eigenvalue weighted by molar-refractivity contribution is 0.198. The molecule has 0 atom stereocenters. The topological polar surface area (TPSA) is 57.0 Å².